The van der Waals surface area contributed by atoms with Crippen LogP contribution in [-0.4, -0.2) is 0 Å². The Morgan fingerprint density at radius 3 is 2.42 bits per heavy atom. The van der Waals surface area contributed by atoms with Crippen LogP contribution in [0.5, 0.6) is 0 Å². The Balaban J connectivity index is 3.62. The summed E-state index contributed by atoms with van der Waals surface area (Å²) in [7, 11) is 0. The van der Waals surface area contributed by atoms with Gasteiger partial charge in [0.25, 0.3) is 0 Å². The molecule has 0 aromatic carbocycles. The van der Waals surface area contributed by atoms with E-state index in [2.05, 4.69) is 39.0 Å². The SMILES string of the molecule is CC=C(CC=CCC)CCCC. The first-order valence-electron chi connectivity index (χ1n) is 5.14. The van der Waals surface area contributed by atoms with Gasteiger partial charge in [0.15, 0.2) is 0 Å². The van der Waals surface area contributed by atoms with Gasteiger partial charge in [-0.25, -0.2) is 0 Å². The monoisotopic (exact) mass is 166 g/mol. The smallest absolute Gasteiger partial charge is 0.0139 e. The average molecular weight is 166 g/mol. The van der Waals surface area contributed by atoms with Gasteiger partial charge in [0.2, 0.25) is 0 Å². The zero-order valence-corrected chi connectivity index (χ0v) is 8.77. The van der Waals surface area contributed by atoms with Crippen LogP contribution in [0.15, 0.2) is 23.8 Å². The first-order chi connectivity index (χ1) is 5.85. The zero-order valence-electron chi connectivity index (χ0n) is 8.77. The number of unbranched alkanes of at least 4 members (excludes halogenated alkanes) is 1. The Hall–Kier alpha value is -0.520. The molecule has 0 fully saturated rings. The molecular weight excluding hydrogens is 144 g/mol. The zero-order chi connectivity index (χ0) is 9.23. The van der Waals surface area contributed by atoms with Gasteiger partial charge in [0.05, 0.1) is 0 Å². The van der Waals surface area contributed by atoms with Crippen molar-refractivity contribution < 1.29 is 0 Å². The fourth-order valence-corrected chi connectivity index (χ4v) is 1.17. The quantitative estimate of drug-likeness (QED) is 0.510. The maximum atomic E-state index is 2.28. The molecule has 0 N–H and O–H groups in total. The second kappa shape index (κ2) is 8.58. The predicted octanol–water partition coefficient (Wildman–Crippen LogP) is 4.48. The molecule has 0 saturated heterocycles. The predicted molar refractivity (Wildman–Crippen MR) is 57.3 cm³/mol. The van der Waals surface area contributed by atoms with E-state index < -0.39 is 0 Å². The lowest BCUT2D eigenvalue weighted by Crippen LogP contribution is -1.81. The molecule has 12 heavy (non-hydrogen) atoms. The van der Waals surface area contributed by atoms with E-state index >= 15 is 0 Å². The fraction of sp³-hybridized carbons (Fsp3) is 0.667. The van der Waals surface area contributed by atoms with Crippen molar-refractivity contribution in [3.05, 3.63) is 23.8 Å². The minimum atomic E-state index is 1.16. The lowest BCUT2D eigenvalue weighted by molar-refractivity contribution is 0.774. The van der Waals surface area contributed by atoms with Crippen molar-refractivity contribution >= 4 is 0 Å². The molecule has 0 saturated carbocycles. The van der Waals surface area contributed by atoms with Crippen LogP contribution in [0.25, 0.3) is 0 Å². The summed E-state index contributed by atoms with van der Waals surface area (Å²) < 4.78 is 0. The first-order valence-corrected chi connectivity index (χ1v) is 5.14. The van der Waals surface area contributed by atoms with E-state index in [1.54, 1.807) is 5.57 Å². The molecule has 0 heteroatoms. The molecule has 0 aliphatic rings. The van der Waals surface area contributed by atoms with Gasteiger partial charge in [0.1, 0.15) is 0 Å². The molecule has 0 nitrogen and oxygen atoms in total. The van der Waals surface area contributed by atoms with E-state index in [4.69, 9.17) is 0 Å². The number of allylic oxidation sites excluding steroid dienone is 4. The molecule has 0 radical (unpaired) electrons. The van der Waals surface area contributed by atoms with E-state index in [1.807, 2.05) is 0 Å². The Bertz CT molecular complexity index is 140. The Morgan fingerprint density at radius 2 is 1.92 bits per heavy atom. The summed E-state index contributed by atoms with van der Waals surface area (Å²) in [6, 6.07) is 0. The van der Waals surface area contributed by atoms with Crippen LogP contribution in [0.3, 0.4) is 0 Å². The summed E-state index contributed by atoms with van der Waals surface area (Å²) in [4.78, 5) is 0. The molecule has 0 heterocycles. The summed E-state index contributed by atoms with van der Waals surface area (Å²) in [5, 5.41) is 0. The van der Waals surface area contributed by atoms with E-state index in [9.17, 15) is 0 Å². The van der Waals surface area contributed by atoms with E-state index in [1.165, 1.54) is 19.3 Å². The maximum Gasteiger partial charge on any atom is -0.0139 e. The minimum Gasteiger partial charge on any atom is -0.0885 e. The molecule has 0 aliphatic heterocycles. The average Bonchev–Trinajstić information content (AvgIpc) is 2.11. The van der Waals surface area contributed by atoms with Crippen molar-refractivity contribution in [2.75, 3.05) is 0 Å². The van der Waals surface area contributed by atoms with Crippen LogP contribution >= 0.6 is 0 Å². The van der Waals surface area contributed by atoms with Crippen molar-refractivity contribution in [1.82, 2.24) is 0 Å². The van der Waals surface area contributed by atoms with Crippen LogP contribution in [0, 0.1) is 0 Å². The molecule has 0 unspecified atom stereocenters. The van der Waals surface area contributed by atoms with Crippen LogP contribution in [0.1, 0.15) is 52.9 Å². The number of rotatable bonds is 6. The third kappa shape index (κ3) is 6.21. The van der Waals surface area contributed by atoms with E-state index in [0.29, 0.717) is 0 Å². The van der Waals surface area contributed by atoms with Gasteiger partial charge < -0.3 is 0 Å². The maximum absolute atomic E-state index is 2.28. The summed E-state index contributed by atoms with van der Waals surface area (Å²) in [5.41, 5.74) is 1.58. The molecule has 0 amide bonds. The van der Waals surface area contributed by atoms with Crippen LogP contribution in [0.2, 0.25) is 0 Å². The van der Waals surface area contributed by atoms with Gasteiger partial charge in [-0.3, -0.25) is 0 Å². The van der Waals surface area contributed by atoms with Crippen molar-refractivity contribution in [1.29, 1.82) is 0 Å². The van der Waals surface area contributed by atoms with Gasteiger partial charge in [0, 0.05) is 0 Å². The normalized spacial score (nSPS) is 12.8. The van der Waals surface area contributed by atoms with Gasteiger partial charge in [-0.05, 0) is 32.6 Å². The highest BCUT2D eigenvalue weighted by Gasteiger charge is 1.91. The summed E-state index contributed by atoms with van der Waals surface area (Å²) in [6.07, 6.45) is 13.0. The third-order valence-corrected chi connectivity index (χ3v) is 2.04. The largest absolute Gasteiger partial charge is 0.0885 e. The number of hydrogen-bond acceptors (Lipinski definition) is 0. The van der Waals surface area contributed by atoms with Crippen LogP contribution in [0.4, 0.5) is 0 Å². The lowest BCUT2D eigenvalue weighted by Gasteiger charge is -2.01. The molecule has 0 rings (SSSR count). The molecule has 70 valence electrons. The number of hydrogen-bond donors (Lipinski definition) is 0. The molecule has 0 atom stereocenters. The molecule has 0 aromatic heterocycles. The van der Waals surface area contributed by atoms with Gasteiger partial charge in [-0.15, -0.1) is 0 Å². The van der Waals surface area contributed by atoms with Crippen LogP contribution in [-0.2, 0) is 0 Å². The molecule has 0 aliphatic carbocycles. The second-order valence-electron chi connectivity index (χ2n) is 3.13. The van der Waals surface area contributed by atoms with Crippen molar-refractivity contribution in [3.8, 4) is 0 Å². The van der Waals surface area contributed by atoms with E-state index in [-0.39, 0.29) is 0 Å². The Labute approximate surface area is 77.4 Å². The lowest BCUT2D eigenvalue weighted by atomic mass is 10.1. The standard InChI is InChI=1S/C12H22/c1-4-7-9-11-12(6-3)10-8-5-2/h6-7,9H,4-5,8,10-11H2,1-3H3. The fourth-order valence-electron chi connectivity index (χ4n) is 1.17. The summed E-state index contributed by atoms with van der Waals surface area (Å²) in [6.45, 7) is 6.57. The second-order valence-corrected chi connectivity index (χ2v) is 3.13. The highest BCUT2D eigenvalue weighted by atomic mass is 14.0. The topological polar surface area (TPSA) is 0 Å². The van der Waals surface area contributed by atoms with Crippen molar-refractivity contribution in [2.24, 2.45) is 0 Å². The Morgan fingerprint density at radius 1 is 1.17 bits per heavy atom. The molecule has 0 bridgehead atoms. The van der Waals surface area contributed by atoms with Gasteiger partial charge in [-0.1, -0.05) is 44.1 Å². The van der Waals surface area contributed by atoms with Crippen molar-refractivity contribution in [3.63, 3.8) is 0 Å². The molecule has 0 aromatic rings. The highest BCUT2D eigenvalue weighted by Crippen LogP contribution is 2.11. The Kier molecular flexibility index (Phi) is 8.20. The first kappa shape index (κ1) is 11.5. The molecule has 0 spiro atoms. The summed E-state index contributed by atoms with van der Waals surface area (Å²) >= 11 is 0. The van der Waals surface area contributed by atoms with E-state index in [0.717, 1.165) is 12.8 Å². The van der Waals surface area contributed by atoms with Crippen LogP contribution < -0.4 is 0 Å². The minimum absolute atomic E-state index is 1.16. The summed E-state index contributed by atoms with van der Waals surface area (Å²) in [5.74, 6) is 0. The highest BCUT2D eigenvalue weighted by molar-refractivity contribution is 5.06. The van der Waals surface area contributed by atoms with Gasteiger partial charge in [-0.2, -0.15) is 0 Å². The van der Waals surface area contributed by atoms with Gasteiger partial charge >= 0.3 is 0 Å². The molecular formula is C12H22. The van der Waals surface area contributed by atoms with Crippen molar-refractivity contribution in [2.45, 2.75) is 52.9 Å². The third-order valence-electron chi connectivity index (χ3n) is 2.04.